The number of hydrogen-bond donors (Lipinski definition) is 2. The number of ether oxygens (including phenoxy) is 1. The zero-order valence-corrected chi connectivity index (χ0v) is 16.8. The Kier molecular flexibility index (Phi) is 6.23. The van der Waals surface area contributed by atoms with Crippen molar-refractivity contribution in [3.8, 4) is 16.9 Å². The molecule has 1 aliphatic heterocycles. The lowest BCUT2D eigenvalue weighted by atomic mass is 9.74. The van der Waals surface area contributed by atoms with Crippen molar-refractivity contribution >= 4 is 11.9 Å². The van der Waals surface area contributed by atoms with E-state index in [0.717, 1.165) is 11.1 Å². The third-order valence-corrected chi connectivity index (χ3v) is 5.72. The average molecular weight is 397 g/mol. The van der Waals surface area contributed by atoms with Crippen LogP contribution in [0.4, 0.5) is 0 Å². The molecular formula is C23H27NO5. The van der Waals surface area contributed by atoms with Crippen LogP contribution in [0, 0.1) is 5.41 Å². The van der Waals surface area contributed by atoms with Gasteiger partial charge >= 0.3 is 5.97 Å². The topological polar surface area (TPSA) is 87.1 Å². The van der Waals surface area contributed by atoms with Gasteiger partial charge in [-0.05, 0) is 36.6 Å². The van der Waals surface area contributed by atoms with Gasteiger partial charge < -0.3 is 19.8 Å². The number of carbonyl (C=O) groups excluding carboxylic acids is 1. The van der Waals surface area contributed by atoms with E-state index >= 15 is 0 Å². The van der Waals surface area contributed by atoms with Crippen molar-refractivity contribution in [2.45, 2.75) is 32.3 Å². The predicted octanol–water partition coefficient (Wildman–Crippen LogP) is 3.44. The summed E-state index contributed by atoms with van der Waals surface area (Å²) >= 11 is 0. The van der Waals surface area contributed by atoms with Gasteiger partial charge in [0.2, 0.25) is 0 Å². The third-order valence-electron chi connectivity index (χ3n) is 5.72. The van der Waals surface area contributed by atoms with Crippen LogP contribution in [0.2, 0.25) is 0 Å². The van der Waals surface area contributed by atoms with Crippen LogP contribution in [-0.4, -0.2) is 53.3 Å². The highest BCUT2D eigenvalue weighted by molar-refractivity contribution is 5.96. The number of methoxy groups -OCH3 is 1. The number of nitrogens with zero attached hydrogens (tertiary/aromatic N) is 1. The van der Waals surface area contributed by atoms with Gasteiger partial charge in [-0.3, -0.25) is 9.59 Å². The van der Waals surface area contributed by atoms with E-state index in [1.165, 1.54) is 0 Å². The van der Waals surface area contributed by atoms with E-state index in [4.69, 9.17) is 4.74 Å². The second-order valence-corrected chi connectivity index (χ2v) is 7.52. The summed E-state index contributed by atoms with van der Waals surface area (Å²) < 4.78 is 5.42. The van der Waals surface area contributed by atoms with E-state index in [2.05, 4.69) is 0 Å². The number of hydrogen-bond acceptors (Lipinski definition) is 4. The van der Waals surface area contributed by atoms with Gasteiger partial charge in [-0.25, -0.2) is 0 Å². The molecule has 29 heavy (non-hydrogen) atoms. The van der Waals surface area contributed by atoms with Crippen LogP contribution in [0.3, 0.4) is 0 Å². The number of amides is 1. The number of carboxylic acids is 1. The van der Waals surface area contributed by atoms with Gasteiger partial charge in [-0.1, -0.05) is 43.7 Å². The molecule has 2 aromatic carbocycles. The first-order valence-corrected chi connectivity index (χ1v) is 9.87. The van der Waals surface area contributed by atoms with Crippen molar-refractivity contribution in [2.24, 2.45) is 5.41 Å². The van der Waals surface area contributed by atoms with E-state index in [9.17, 15) is 19.8 Å². The maximum Gasteiger partial charge on any atom is 0.314 e. The Morgan fingerprint density at radius 1 is 1.21 bits per heavy atom. The molecule has 1 amide bonds. The summed E-state index contributed by atoms with van der Waals surface area (Å²) in [6, 6.07) is 14.8. The summed E-state index contributed by atoms with van der Waals surface area (Å²) in [7, 11) is 1.60. The fourth-order valence-electron chi connectivity index (χ4n) is 4.15. The van der Waals surface area contributed by atoms with E-state index in [1.54, 1.807) is 24.1 Å². The van der Waals surface area contributed by atoms with Crippen molar-refractivity contribution in [2.75, 3.05) is 20.2 Å². The highest BCUT2D eigenvalue weighted by Crippen LogP contribution is 2.36. The molecule has 0 bridgehead atoms. The first-order chi connectivity index (χ1) is 13.9. The van der Waals surface area contributed by atoms with Crippen LogP contribution in [0.15, 0.2) is 48.5 Å². The number of benzene rings is 2. The molecule has 2 aromatic rings. The number of para-hydroxylation sites is 1. The second kappa shape index (κ2) is 8.66. The summed E-state index contributed by atoms with van der Waals surface area (Å²) in [5, 5.41) is 20.2. The van der Waals surface area contributed by atoms with Gasteiger partial charge in [-0.15, -0.1) is 0 Å². The van der Waals surface area contributed by atoms with Gasteiger partial charge in [-0.2, -0.15) is 0 Å². The number of likely N-dealkylation sites (tertiary alicyclic amines) is 1. The lowest BCUT2D eigenvalue weighted by Gasteiger charge is -2.43. The van der Waals surface area contributed by atoms with Crippen molar-refractivity contribution < 1.29 is 24.5 Å². The molecule has 0 aliphatic carbocycles. The maximum atomic E-state index is 13.2. The fraction of sp³-hybridized carbons (Fsp3) is 0.391. The van der Waals surface area contributed by atoms with E-state index in [1.807, 2.05) is 43.3 Å². The minimum absolute atomic E-state index is 0.00899. The maximum absolute atomic E-state index is 13.2. The molecule has 3 rings (SSSR count). The highest BCUT2D eigenvalue weighted by atomic mass is 16.5. The number of carboxylic acid groups (broad SMARTS) is 1. The van der Waals surface area contributed by atoms with Crippen LogP contribution in [-0.2, 0) is 4.79 Å². The number of carbonyl (C=O) groups is 2. The van der Waals surface area contributed by atoms with E-state index in [-0.39, 0.29) is 18.9 Å². The van der Waals surface area contributed by atoms with Gasteiger partial charge in [0.05, 0.1) is 13.2 Å². The normalized spacial score (nSPS) is 21.6. The smallest absolute Gasteiger partial charge is 0.314 e. The molecule has 0 saturated carbocycles. The summed E-state index contributed by atoms with van der Waals surface area (Å²) in [5.41, 5.74) is 0.900. The number of aliphatic hydroxyl groups excluding tert-OH is 1. The zero-order valence-electron chi connectivity index (χ0n) is 16.8. The Balaban J connectivity index is 1.90. The Hall–Kier alpha value is -2.86. The Labute approximate surface area is 170 Å². The van der Waals surface area contributed by atoms with Gasteiger partial charge in [0.15, 0.2) is 0 Å². The molecule has 1 fully saturated rings. The number of rotatable bonds is 6. The van der Waals surface area contributed by atoms with E-state index < -0.39 is 17.5 Å². The molecule has 0 radical (unpaired) electrons. The molecular weight excluding hydrogens is 370 g/mol. The standard InChI is InChI=1S/C23H27NO5/c1-3-12-23(22(27)28)15-24(13-11-20(23)25)21(26)17-8-6-7-16(14-17)18-9-4-5-10-19(18)29-2/h4-10,14,20,25H,3,11-13,15H2,1-2H3,(H,27,28)/t20-,23-/m1/s1. The summed E-state index contributed by atoms with van der Waals surface area (Å²) in [5.74, 6) is -0.562. The number of piperidine rings is 1. The fourth-order valence-corrected chi connectivity index (χ4v) is 4.15. The SMILES string of the molecule is CCC[C@@]1(C(=O)O)CN(C(=O)c2cccc(-c3ccccc3OC)c2)CC[C@H]1O. The van der Waals surface area contributed by atoms with Crippen LogP contribution >= 0.6 is 0 Å². The molecule has 1 saturated heterocycles. The van der Waals surface area contributed by atoms with Crippen LogP contribution in [0.1, 0.15) is 36.5 Å². The predicted molar refractivity (Wildman–Crippen MR) is 110 cm³/mol. The molecule has 6 heteroatoms. The molecule has 0 unspecified atom stereocenters. The first-order valence-electron chi connectivity index (χ1n) is 9.87. The first kappa shape index (κ1) is 20.9. The quantitative estimate of drug-likeness (QED) is 0.780. The van der Waals surface area contributed by atoms with Gasteiger partial charge in [0.25, 0.3) is 5.91 Å². The lowest BCUT2D eigenvalue weighted by molar-refractivity contribution is -0.162. The number of aliphatic carboxylic acids is 1. The summed E-state index contributed by atoms with van der Waals surface area (Å²) in [6.45, 7) is 2.22. The third kappa shape index (κ3) is 3.98. The second-order valence-electron chi connectivity index (χ2n) is 7.52. The highest BCUT2D eigenvalue weighted by Gasteiger charge is 2.49. The van der Waals surface area contributed by atoms with Crippen molar-refractivity contribution in [1.82, 2.24) is 4.90 Å². The van der Waals surface area contributed by atoms with Crippen molar-refractivity contribution in [1.29, 1.82) is 0 Å². The Morgan fingerprint density at radius 3 is 2.66 bits per heavy atom. The molecule has 1 aliphatic rings. The summed E-state index contributed by atoms with van der Waals surface area (Å²) in [6.07, 6.45) is 0.247. The molecule has 2 atom stereocenters. The lowest BCUT2D eigenvalue weighted by Crippen LogP contribution is -2.57. The van der Waals surface area contributed by atoms with Crippen molar-refractivity contribution in [3.05, 3.63) is 54.1 Å². The molecule has 2 N–H and O–H groups in total. The number of aliphatic hydroxyl groups is 1. The zero-order chi connectivity index (χ0) is 21.0. The van der Waals surface area contributed by atoms with Crippen LogP contribution in [0.5, 0.6) is 5.75 Å². The van der Waals surface area contributed by atoms with Crippen LogP contribution in [0.25, 0.3) is 11.1 Å². The van der Waals surface area contributed by atoms with Crippen LogP contribution < -0.4 is 4.74 Å². The minimum atomic E-state index is -1.32. The largest absolute Gasteiger partial charge is 0.496 e. The molecule has 154 valence electrons. The Morgan fingerprint density at radius 2 is 1.97 bits per heavy atom. The Bertz CT molecular complexity index is 896. The van der Waals surface area contributed by atoms with Gasteiger partial charge in [0, 0.05) is 24.2 Å². The molecule has 6 nitrogen and oxygen atoms in total. The van der Waals surface area contributed by atoms with Gasteiger partial charge in [0.1, 0.15) is 11.2 Å². The average Bonchev–Trinajstić information content (AvgIpc) is 2.74. The van der Waals surface area contributed by atoms with Crippen molar-refractivity contribution in [3.63, 3.8) is 0 Å². The monoisotopic (exact) mass is 397 g/mol. The molecule has 1 heterocycles. The van der Waals surface area contributed by atoms with E-state index in [0.29, 0.717) is 30.7 Å². The minimum Gasteiger partial charge on any atom is -0.496 e. The summed E-state index contributed by atoms with van der Waals surface area (Å²) in [4.78, 5) is 26.7. The molecule has 0 spiro atoms. The molecule has 0 aromatic heterocycles.